The molecule has 1 fully saturated rings. The van der Waals surface area contributed by atoms with Crippen molar-refractivity contribution in [3.8, 4) is 24.3 Å². The maximum Gasteiger partial charge on any atom is 0.182 e. The van der Waals surface area contributed by atoms with Gasteiger partial charge in [-0.1, -0.05) is 19.8 Å². The SMILES string of the molecule is CCCCC1CC(=O)CC(C#N)(C#N)C1(C#N)C#N. The van der Waals surface area contributed by atoms with E-state index in [9.17, 15) is 25.8 Å². The van der Waals surface area contributed by atoms with Crippen LogP contribution in [0.15, 0.2) is 0 Å². The van der Waals surface area contributed by atoms with Crippen LogP contribution in [0.25, 0.3) is 0 Å². The van der Waals surface area contributed by atoms with Crippen LogP contribution < -0.4 is 0 Å². The second kappa shape index (κ2) is 5.51. The van der Waals surface area contributed by atoms with Crippen molar-refractivity contribution in [2.24, 2.45) is 16.7 Å². The maximum absolute atomic E-state index is 11.8. The van der Waals surface area contributed by atoms with Crippen molar-refractivity contribution >= 4 is 5.78 Å². The Bertz CT molecular complexity index is 510. The quantitative estimate of drug-likeness (QED) is 0.766. The maximum atomic E-state index is 11.8. The van der Waals surface area contributed by atoms with Crippen molar-refractivity contribution in [2.45, 2.75) is 39.0 Å². The summed E-state index contributed by atoms with van der Waals surface area (Å²) in [6, 6.07) is 7.30. The van der Waals surface area contributed by atoms with Crippen molar-refractivity contribution in [3.63, 3.8) is 0 Å². The van der Waals surface area contributed by atoms with Crippen LogP contribution in [0.5, 0.6) is 0 Å². The molecule has 0 heterocycles. The Kier molecular flexibility index (Phi) is 4.26. The monoisotopic (exact) mass is 254 g/mol. The highest BCUT2D eigenvalue weighted by Crippen LogP contribution is 2.53. The number of carbonyl (C=O) groups excluding carboxylic acids is 1. The van der Waals surface area contributed by atoms with Gasteiger partial charge in [-0.2, -0.15) is 21.0 Å². The summed E-state index contributed by atoms with van der Waals surface area (Å²) in [7, 11) is 0. The van der Waals surface area contributed by atoms with Crippen LogP contribution in [0.1, 0.15) is 39.0 Å². The molecule has 1 aliphatic rings. The number of unbranched alkanes of at least 4 members (excludes halogenated alkanes) is 1. The van der Waals surface area contributed by atoms with Crippen LogP contribution in [0.4, 0.5) is 0 Å². The van der Waals surface area contributed by atoms with Gasteiger partial charge in [0.25, 0.3) is 0 Å². The second-order valence-electron chi connectivity index (χ2n) is 4.92. The normalized spacial score (nSPS) is 23.4. The smallest absolute Gasteiger partial charge is 0.182 e. The molecule has 1 rings (SSSR count). The standard InChI is InChI=1S/C14H14N4O/c1-2-3-4-11-5-12(19)6-13(7-15,8-16)14(11,9-17)10-18/h11H,2-6H2,1H3. The number of hydrogen-bond donors (Lipinski definition) is 0. The van der Waals surface area contributed by atoms with Gasteiger partial charge in [-0.05, 0) is 6.42 Å². The first-order valence-electron chi connectivity index (χ1n) is 6.22. The van der Waals surface area contributed by atoms with Crippen LogP contribution >= 0.6 is 0 Å². The molecule has 0 aromatic carbocycles. The zero-order valence-electron chi connectivity index (χ0n) is 10.8. The summed E-state index contributed by atoms with van der Waals surface area (Å²) < 4.78 is 0. The van der Waals surface area contributed by atoms with E-state index in [2.05, 4.69) is 0 Å². The number of Topliss-reactive ketones (excluding diaryl/α,β-unsaturated/α-hetero) is 1. The Morgan fingerprint density at radius 2 is 1.74 bits per heavy atom. The van der Waals surface area contributed by atoms with Gasteiger partial charge >= 0.3 is 0 Å². The Balaban J connectivity index is 3.38. The topological polar surface area (TPSA) is 112 Å². The van der Waals surface area contributed by atoms with E-state index in [0.717, 1.165) is 12.8 Å². The van der Waals surface area contributed by atoms with Crippen molar-refractivity contribution < 1.29 is 4.79 Å². The summed E-state index contributed by atoms with van der Waals surface area (Å²) in [5.41, 5.74) is -3.55. The van der Waals surface area contributed by atoms with Gasteiger partial charge in [-0.3, -0.25) is 4.79 Å². The Morgan fingerprint density at radius 3 is 2.16 bits per heavy atom. The van der Waals surface area contributed by atoms with Gasteiger partial charge in [-0.25, -0.2) is 0 Å². The molecule has 0 N–H and O–H groups in total. The van der Waals surface area contributed by atoms with Crippen molar-refractivity contribution in [1.29, 1.82) is 21.0 Å². The van der Waals surface area contributed by atoms with E-state index in [1.165, 1.54) is 0 Å². The first kappa shape index (κ1) is 14.7. The van der Waals surface area contributed by atoms with Gasteiger partial charge in [0.2, 0.25) is 0 Å². The summed E-state index contributed by atoms with van der Waals surface area (Å²) in [6.07, 6.45) is 1.91. The molecule has 1 atom stereocenters. The van der Waals surface area contributed by atoms with Crippen LogP contribution in [-0.4, -0.2) is 5.78 Å². The lowest BCUT2D eigenvalue weighted by Gasteiger charge is -2.41. The number of nitriles is 4. The van der Waals surface area contributed by atoms with Gasteiger partial charge < -0.3 is 0 Å². The van der Waals surface area contributed by atoms with E-state index in [4.69, 9.17) is 0 Å². The molecule has 0 aliphatic heterocycles. The molecule has 5 nitrogen and oxygen atoms in total. The first-order chi connectivity index (χ1) is 9.05. The van der Waals surface area contributed by atoms with Gasteiger partial charge in [0.05, 0.1) is 24.3 Å². The summed E-state index contributed by atoms with van der Waals surface area (Å²) in [6.45, 7) is 1.97. The Hall–Kier alpha value is -2.37. The molecular formula is C14H14N4O. The van der Waals surface area contributed by atoms with E-state index in [1.807, 2.05) is 19.1 Å². The van der Waals surface area contributed by atoms with Crippen molar-refractivity contribution in [2.75, 3.05) is 0 Å². The van der Waals surface area contributed by atoms with E-state index in [-0.39, 0.29) is 18.6 Å². The molecule has 0 spiro atoms. The fraction of sp³-hybridized carbons (Fsp3) is 0.643. The average Bonchev–Trinajstić information content (AvgIpc) is 2.44. The lowest BCUT2D eigenvalue weighted by atomic mass is 9.52. The van der Waals surface area contributed by atoms with Crippen molar-refractivity contribution in [1.82, 2.24) is 0 Å². The molecule has 1 unspecified atom stereocenters. The minimum Gasteiger partial charge on any atom is -0.300 e. The average molecular weight is 254 g/mol. The third kappa shape index (κ3) is 2.05. The summed E-state index contributed by atoms with van der Waals surface area (Å²) >= 11 is 0. The highest BCUT2D eigenvalue weighted by atomic mass is 16.1. The molecule has 1 saturated carbocycles. The first-order valence-corrected chi connectivity index (χ1v) is 6.22. The third-order valence-corrected chi connectivity index (χ3v) is 3.86. The summed E-state index contributed by atoms with van der Waals surface area (Å²) in [5.74, 6) is -0.756. The Labute approximate surface area is 112 Å². The van der Waals surface area contributed by atoms with Gasteiger partial charge in [0.15, 0.2) is 10.8 Å². The zero-order chi connectivity index (χ0) is 14.5. The molecule has 0 bridgehead atoms. The highest BCUT2D eigenvalue weighted by molar-refractivity contribution is 5.82. The predicted molar refractivity (Wildman–Crippen MR) is 64.6 cm³/mol. The molecule has 0 saturated heterocycles. The van der Waals surface area contributed by atoms with E-state index >= 15 is 0 Å². The third-order valence-electron chi connectivity index (χ3n) is 3.86. The molecule has 0 aromatic heterocycles. The van der Waals surface area contributed by atoms with E-state index in [0.29, 0.717) is 6.42 Å². The summed E-state index contributed by atoms with van der Waals surface area (Å²) in [5, 5.41) is 37.4. The lowest BCUT2D eigenvalue weighted by molar-refractivity contribution is -0.126. The van der Waals surface area contributed by atoms with Crippen LogP contribution in [0, 0.1) is 62.1 Å². The van der Waals surface area contributed by atoms with Crippen molar-refractivity contribution in [3.05, 3.63) is 0 Å². The largest absolute Gasteiger partial charge is 0.300 e. The molecule has 0 radical (unpaired) electrons. The van der Waals surface area contributed by atoms with Crippen LogP contribution in [-0.2, 0) is 4.79 Å². The lowest BCUT2D eigenvalue weighted by Crippen LogP contribution is -2.50. The minimum absolute atomic E-state index is 0.103. The molecule has 0 aromatic rings. The molecular weight excluding hydrogens is 240 g/mol. The highest BCUT2D eigenvalue weighted by Gasteiger charge is 2.62. The fourth-order valence-corrected chi connectivity index (χ4v) is 2.73. The molecule has 5 heteroatoms. The second-order valence-corrected chi connectivity index (χ2v) is 4.92. The molecule has 1 aliphatic carbocycles. The molecule has 19 heavy (non-hydrogen) atoms. The van der Waals surface area contributed by atoms with Gasteiger partial charge in [-0.15, -0.1) is 0 Å². The zero-order valence-corrected chi connectivity index (χ0v) is 10.8. The van der Waals surface area contributed by atoms with E-state index < -0.39 is 16.7 Å². The van der Waals surface area contributed by atoms with Gasteiger partial charge in [0.1, 0.15) is 5.78 Å². The molecule has 0 amide bonds. The molecule has 96 valence electrons. The van der Waals surface area contributed by atoms with Crippen LogP contribution in [0.2, 0.25) is 0 Å². The number of rotatable bonds is 3. The summed E-state index contributed by atoms with van der Waals surface area (Å²) in [4.78, 5) is 11.8. The minimum atomic E-state index is -1.84. The Morgan fingerprint density at radius 1 is 1.16 bits per heavy atom. The number of hydrogen-bond acceptors (Lipinski definition) is 5. The van der Waals surface area contributed by atoms with Gasteiger partial charge in [0, 0.05) is 18.8 Å². The fourth-order valence-electron chi connectivity index (χ4n) is 2.73. The number of carbonyl (C=O) groups is 1. The number of nitrogens with zero attached hydrogens (tertiary/aromatic N) is 4. The van der Waals surface area contributed by atoms with Crippen LogP contribution in [0.3, 0.4) is 0 Å². The number of ketones is 1. The predicted octanol–water partition coefficient (Wildman–Crippen LogP) is 2.22. The van der Waals surface area contributed by atoms with E-state index in [1.54, 1.807) is 12.1 Å².